The number of anilines is 1. The van der Waals surface area contributed by atoms with Gasteiger partial charge in [-0.05, 0) is 24.6 Å². The van der Waals surface area contributed by atoms with E-state index in [0.717, 1.165) is 18.5 Å². The molecule has 0 bridgehead atoms. The molecule has 8 heteroatoms. The summed E-state index contributed by atoms with van der Waals surface area (Å²) in [5.41, 5.74) is 6.92. The van der Waals surface area contributed by atoms with E-state index in [0.29, 0.717) is 24.0 Å². The van der Waals surface area contributed by atoms with Crippen LogP contribution in [0.5, 0.6) is 17.2 Å². The second kappa shape index (κ2) is 10.4. The summed E-state index contributed by atoms with van der Waals surface area (Å²) in [5.74, 6) is 0.338. The number of nitrogens with zero attached hydrogens (tertiary/aromatic N) is 2. The summed E-state index contributed by atoms with van der Waals surface area (Å²) in [6.07, 6.45) is 3.48. The SMILES string of the molecule is CCCCOC1=CC(C(=O)Oc2cc(OC)cc(OC)c2)C(N)=NN1c1ccccc1. The number of hydrogen-bond donors (Lipinski definition) is 1. The molecule has 0 aromatic heterocycles. The molecule has 0 amide bonds. The van der Waals surface area contributed by atoms with Crippen molar-refractivity contribution in [3.05, 3.63) is 60.5 Å². The molecule has 1 aliphatic rings. The lowest BCUT2D eigenvalue weighted by molar-refractivity contribution is -0.135. The summed E-state index contributed by atoms with van der Waals surface area (Å²) in [7, 11) is 3.04. The van der Waals surface area contributed by atoms with Gasteiger partial charge in [0.1, 0.15) is 29.0 Å². The molecule has 2 N–H and O–H groups in total. The Morgan fingerprint density at radius 1 is 1.06 bits per heavy atom. The molecular weight excluding hydrogens is 398 g/mol. The van der Waals surface area contributed by atoms with Crippen LogP contribution in [0, 0.1) is 5.92 Å². The van der Waals surface area contributed by atoms with Crippen LogP contribution in [0.1, 0.15) is 19.8 Å². The normalized spacial score (nSPS) is 15.6. The number of hydrogen-bond acceptors (Lipinski definition) is 8. The number of esters is 1. The van der Waals surface area contributed by atoms with Gasteiger partial charge in [0, 0.05) is 18.2 Å². The number of unbranched alkanes of at least 4 members (excludes halogenated alkanes) is 1. The lowest BCUT2D eigenvalue weighted by Crippen LogP contribution is -2.39. The molecule has 8 nitrogen and oxygen atoms in total. The van der Waals surface area contributed by atoms with E-state index in [4.69, 9.17) is 24.7 Å². The fourth-order valence-corrected chi connectivity index (χ4v) is 2.92. The highest BCUT2D eigenvalue weighted by atomic mass is 16.5. The van der Waals surface area contributed by atoms with E-state index in [1.165, 1.54) is 14.2 Å². The van der Waals surface area contributed by atoms with Gasteiger partial charge in [-0.2, -0.15) is 10.1 Å². The Balaban J connectivity index is 1.85. The van der Waals surface area contributed by atoms with Crippen LogP contribution in [-0.4, -0.2) is 32.6 Å². The quantitative estimate of drug-likeness (QED) is 0.372. The van der Waals surface area contributed by atoms with Gasteiger partial charge in [0.2, 0.25) is 5.88 Å². The molecule has 31 heavy (non-hydrogen) atoms. The summed E-state index contributed by atoms with van der Waals surface area (Å²) >= 11 is 0. The zero-order valence-corrected chi connectivity index (χ0v) is 17.9. The Hall–Kier alpha value is -3.68. The van der Waals surface area contributed by atoms with Crippen LogP contribution in [-0.2, 0) is 9.53 Å². The van der Waals surface area contributed by atoms with E-state index in [1.807, 2.05) is 30.3 Å². The minimum Gasteiger partial charge on any atom is -0.496 e. The van der Waals surface area contributed by atoms with Crippen molar-refractivity contribution in [2.45, 2.75) is 19.8 Å². The fraction of sp³-hybridized carbons (Fsp3) is 0.304. The van der Waals surface area contributed by atoms with E-state index in [1.54, 1.807) is 29.3 Å². The van der Waals surface area contributed by atoms with E-state index in [2.05, 4.69) is 12.0 Å². The van der Waals surface area contributed by atoms with Crippen LogP contribution in [0.25, 0.3) is 0 Å². The standard InChI is InChI=1S/C23H27N3O5/c1-4-5-11-30-21-15-20(22(24)25-26(21)16-9-7-6-8-10-16)23(27)31-19-13-17(28-2)12-18(14-19)29-3/h6-10,12-15,20H,4-5,11H2,1-3H3,(H2,24,25). The monoisotopic (exact) mass is 425 g/mol. The second-order valence-corrected chi connectivity index (χ2v) is 6.83. The number of methoxy groups -OCH3 is 2. The summed E-state index contributed by atoms with van der Waals surface area (Å²) in [5, 5.41) is 6.00. The van der Waals surface area contributed by atoms with Crippen molar-refractivity contribution in [1.29, 1.82) is 0 Å². The molecule has 1 heterocycles. The molecule has 1 aliphatic heterocycles. The molecule has 0 fully saturated rings. The van der Waals surface area contributed by atoms with E-state index in [-0.39, 0.29) is 11.6 Å². The Labute approximate surface area is 181 Å². The average molecular weight is 425 g/mol. The van der Waals surface area contributed by atoms with Crippen LogP contribution in [0.2, 0.25) is 0 Å². The van der Waals surface area contributed by atoms with E-state index < -0.39 is 11.9 Å². The van der Waals surface area contributed by atoms with Crippen LogP contribution in [0.3, 0.4) is 0 Å². The Morgan fingerprint density at radius 3 is 2.32 bits per heavy atom. The van der Waals surface area contributed by atoms with Gasteiger partial charge >= 0.3 is 5.97 Å². The van der Waals surface area contributed by atoms with Crippen molar-refractivity contribution in [2.24, 2.45) is 16.8 Å². The zero-order chi connectivity index (χ0) is 22.2. The first kappa shape index (κ1) is 22.0. The number of rotatable bonds is 9. The molecule has 0 saturated heterocycles. The molecule has 1 unspecified atom stereocenters. The summed E-state index contributed by atoms with van der Waals surface area (Å²) in [6, 6.07) is 14.3. The van der Waals surface area contributed by atoms with Crippen molar-refractivity contribution in [3.8, 4) is 17.2 Å². The number of carbonyl (C=O) groups excluding carboxylic acids is 1. The molecule has 0 aliphatic carbocycles. The van der Waals surface area contributed by atoms with Crippen LogP contribution < -0.4 is 25.0 Å². The number of nitrogens with two attached hydrogens (primary N) is 1. The van der Waals surface area contributed by atoms with Crippen molar-refractivity contribution >= 4 is 17.5 Å². The highest BCUT2D eigenvalue weighted by Gasteiger charge is 2.31. The van der Waals surface area contributed by atoms with Crippen LogP contribution in [0.4, 0.5) is 5.69 Å². The first-order chi connectivity index (χ1) is 15.0. The summed E-state index contributed by atoms with van der Waals surface area (Å²) in [4.78, 5) is 12.9. The fourth-order valence-electron chi connectivity index (χ4n) is 2.92. The lowest BCUT2D eigenvalue weighted by atomic mass is 10.1. The molecule has 2 aromatic rings. The molecule has 3 rings (SSSR count). The van der Waals surface area contributed by atoms with Crippen LogP contribution >= 0.6 is 0 Å². The van der Waals surface area contributed by atoms with Gasteiger partial charge < -0.3 is 24.7 Å². The minimum atomic E-state index is -0.895. The molecule has 0 radical (unpaired) electrons. The second-order valence-electron chi connectivity index (χ2n) is 6.83. The maximum Gasteiger partial charge on any atom is 0.326 e. The molecule has 2 aromatic carbocycles. The molecule has 0 saturated carbocycles. The number of carbonyl (C=O) groups is 1. The number of amidine groups is 1. The van der Waals surface area contributed by atoms with Gasteiger partial charge in [0.05, 0.1) is 26.5 Å². The lowest BCUT2D eigenvalue weighted by Gasteiger charge is -2.28. The number of benzene rings is 2. The highest BCUT2D eigenvalue weighted by Crippen LogP contribution is 2.30. The Bertz CT molecular complexity index is 937. The average Bonchev–Trinajstić information content (AvgIpc) is 2.80. The maximum absolute atomic E-state index is 12.9. The third-order valence-electron chi connectivity index (χ3n) is 4.60. The minimum absolute atomic E-state index is 0.103. The first-order valence-corrected chi connectivity index (χ1v) is 10.0. The van der Waals surface area contributed by atoms with Crippen molar-refractivity contribution in [1.82, 2.24) is 0 Å². The van der Waals surface area contributed by atoms with E-state index >= 15 is 0 Å². The highest BCUT2D eigenvalue weighted by molar-refractivity contribution is 6.04. The van der Waals surface area contributed by atoms with E-state index in [9.17, 15) is 4.79 Å². The largest absolute Gasteiger partial charge is 0.496 e. The van der Waals surface area contributed by atoms with Crippen LogP contribution in [0.15, 0.2) is 65.6 Å². The molecule has 164 valence electrons. The predicted octanol–water partition coefficient (Wildman–Crippen LogP) is 3.68. The number of para-hydroxylation sites is 1. The predicted molar refractivity (Wildman–Crippen MR) is 118 cm³/mol. The van der Waals surface area contributed by atoms with Gasteiger partial charge in [0.15, 0.2) is 0 Å². The molecule has 0 spiro atoms. The first-order valence-electron chi connectivity index (χ1n) is 10.0. The smallest absolute Gasteiger partial charge is 0.326 e. The van der Waals surface area contributed by atoms with Crippen molar-refractivity contribution < 1.29 is 23.7 Å². The zero-order valence-electron chi connectivity index (χ0n) is 17.9. The topological polar surface area (TPSA) is 95.6 Å². The molecule has 1 atom stereocenters. The third kappa shape index (κ3) is 5.48. The molecular formula is C23H27N3O5. The number of hydrazone groups is 1. The summed E-state index contributed by atoms with van der Waals surface area (Å²) < 4.78 is 21.9. The van der Waals surface area contributed by atoms with Gasteiger partial charge in [-0.1, -0.05) is 31.5 Å². The number of ether oxygens (including phenoxy) is 4. The van der Waals surface area contributed by atoms with Gasteiger partial charge in [-0.15, -0.1) is 0 Å². The third-order valence-corrected chi connectivity index (χ3v) is 4.60. The Morgan fingerprint density at radius 2 is 1.71 bits per heavy atom. The van der Waals surface area contributed by atoms with Gasteiger partial charge in [-0.3, -0.25) is 4.79 Å². The van der Waals surface area contributed by atoms with Gasteiger partial charge in [-0.25, -0.2) is 0 Å². The Kier molecular flexibility index (Phi) is 7.37. The van der Waals surface area contributed by atoms with Gasteiger partial charge in [0.25, 0.3) is 0 Å². The van der Waals surface area contributed by atoms with Crippen molar-refractivity contribution in [2.75, 3.05) is 25.8 Å². The maximum atomic E-state index is 12.9. The summed E-state index contributed by atoms with van der Waals surface area (Å²) in [6.45, 7) is 2.57. The van der Waals surface area contributed by atoms with Crippen molar-refractivity contribution in [3.63, 3.8) is 0 Å².